The van der Waals surface area contributed by atoms with Gasteiger partial charge in [0.2, 0.25) is 5.91 Å². The van der Waals surface area contributed by atoms with Crippen molar-refractivity contribution in [2.24, 2.45) is 0 Å². The first kappa shape index (κ1) is 20.2. The highest BCUT2D eigenvalue weighted by atomic mass is 32.2. The molecule has 2 N–H and O–H groups in total. The number of hydrogen-bond acceptors (Lipinski definition) is 5. The van der Waals surface area contributed by atoms with Gasteiger partial charge in [0.25, 0.3) is 10.0 Å². The fourth-order valence-electron chi connectivity index (χ4n) is 3.03. The monoisotopic (exact) mass is 404 g/mol. The number of carbonyl (C=O) groups excluding carboxylic acids is 1. The molecule has 0 aromatic heterocycles. The normalized spacial score (nSPS) is 14.9. The summed E-state index contributed by atoms with van der Waals surface area (Å²) in [7, 11) is -0.591. The maximum Gasteiger partial charge on any atom is 0.261 e. The molecule has 1 saturated carbocycles. The summed E-state index contributed by atoms with van der Waals surface area (Å²) in [6.07, 6.45) is 1.56. The van der Waals surface area contributed by atoms with Crippen LogP contribution >= 0.6 is 0 Å². The van der Waals surface area contributed by atoms with Crippen LogP contribution in [-0.4, -0.2) is 41.7 Å². The van der Waals surface area contributed by atoms with Gasteiger partial charge in [0.15, 0.2) is 0 Å². The Kier molecular flexibility index (Phi) is 5.90. The Hall–Kier alpha value is -2.58. The van der Waals surface area contributed by atoms with Gasteiger partial charge in [-0.2, -0.15) is 0 Å². The molecule has 0 spiro atoms. The smallest absolute Gasteiger partial charge is 0.261 e. The predicted octanol–water partition coefficient (Wildman–Crippen LogP) is 2.29. The molecule has 0 saturated heterocycles. The Morgan fingerprint density at radius 3 is 2.21 bits per heavy atom. The molecule has 2 aromatic rings. The van der Waals surface area contributed by atoms with E-state index in [0.717, 1.165) is 18.4 Å². The molecule has 0 radical (unpaired) electrons. The number of ether oxygens (including phenoxy) is 2. The quantitative estimate of drug-likeness (QED) is 0.626. The van der Waals surface area contributed by atoms with Crippen molar-refractivity contribution in [1.29, 1.82) is 0 Å². The van der Waals surface area contributed by atoms with Crippen molar-refractivity contribution in [1.82, 2.24) is 5.32 Å². The molecule has 3 rings (SSSR count). The van der Waals surface area contributed by atoms with E-state index in [1.807, 2.05) is 0 Å². The maximum atomic E-state index is 12.5. The van der Waals surface area contributed by atoms with E-state index in [0.29, 0.717) is 24.6 Å². The minimum absolute atomic E-state index is 0.0175. The summed E-state index contributed by atoms with van der Waals surface area (Å²) in [4.78, 5) is 12.6. The molecule has 1 amide bonds. The highest BCUT2D eigenvalue weighted by Gasteiger charge is 2.51. The van der Waals surface area contributed by atoms with Crippen LogP contribution in [0.3, 0.4) is 0 Å². The molecule has 0 unspecified atom stereocenters. The molecule has 8 heteroatoms. The number of nitrogens with one attached hydrogen (secondary N) is 2. The molecule has 1 aliphatic rings. The van der Waals surface area contributed by atoms with Crippen LogP contribution in [0, 0.1) is 0 Å². The van der Waals surface area contributed by atoms with Crippen molar-refractivity contribution < 1.29 is 22.7 Å². The summed E-state index contributed by atoms with van der Waals surface area (Å²) in [5, 5.41) is 2.88. The number of methoxy groups -OCH3 is 2. The van der Waals surface area contributed by atoms with Crippen molar-refractivity contribution in [3.63, 3.8) is 0 Å². The van der Waals surface area contributed by atoms with Gasteiger partial charge in [-0.15, -0.1) is 0 Å². The van der Waals surface area contributed by atoms with Crippen molar-refractivity contribution in [2.45, 2.75) is 23.2 Å². The molecule has 0 atom stereocenters. The van der Waals surface area contributed by atoms with Gasteiger partial charge in [-0.3, -0.25) is 9.52 Å². The number of sulfonamides is 1. The van der Waals surface area contributed by atoms with Crippen LogP contribution in [-0.2, 0) is 25.0 Å². The van der Waals surface area contributed by atoms with Gasteiger partial charge in [-0.05, 0) is 54.8 Å². The van der Waals surface area contributed by atoms with Crippen LogP contribution in [0.4, 0.5) is 5.69 Å². The van der Waals surface area contributed by atoms with Gasteiger partial charge in [0, 0.05) is 19.3 Å². The van der Waals surface area contributed by atoms with Crippen LogP contribution in [0.2, 0.25) is 0 Å². The lowest BCUT2D eigenvalue weighted by Crippen LogP contribution is -2.36. The summed E-state index contributed by atoms with van der Waals surface area (Å²) in [5.74, 6) is 0.568. The predicted molar refractivity (Wildman–Crippen MR) is 106 cm³/mol. The number of amides is 1. The number of hydrogen-bond donors (Lipinski definition) is 2. The lowest BCUT2D eigenvalue weighted by molar-refractivity contribution is -0.123. The molecular formula is C20H24N2O5S. The third kappa shape index (κ3) is 4.28. The summed E-state index contributed by atoms with van der Waals surface area (Å²) >= 11 is 0. The third-order valence-electron chi connectivity index (χ3n) is 4.84. The molecule has 150 valence electrons. The highest BCUT2D eigenvalue weighted by Crippen LogP contribution is 2.48. The van der Waals surface area contributed by atoms with Gasteiger partial charge in [-0.25, -0.2) is 8.42 Å². The molecule has 0 heterocycles. The first-order chi connectivity index (χ1) is 13.4. The second kappa shape index (κ2) is 8.20. The molecule has 1 fully saturated rings. The van der Waals surface area contributed by atoms with Gasteiger partial charge >= 0.3 is 0 Å². The Morgan fingerprint density at radius 1 is 1.04 bits per heavy atom. The molecular weight excluding hydrogens is 380 g/mol. The second-order valence-electron chi connectivity index (χ2n) is 6.69. The average Bonchev–Trinajstić information content (AvgIpc) is 3.50. The first-order valence-corrected chi connectivity index (χ1v) is 10.4. The SMILES string of the molecule is COCCNC(=O)C1(c2ccc(NS(=O)(=O)c3ccc(OC)cc3)cc2)CC1. The second-order valence-corrected chi connectivity index (χ2v) is 8.37. The zero-order chi connectivity index (χ0) is 20.2. The standard InChI is InChI=1S/C20H24N2O5S/c1-26-14-13-21-19(23)20(11-12-20)15-3-5-16(6-4-15)22-28(24,25)18-9-7-17(27-2)8-10-18/h3-10,22H,11-14H2,1-2H3,(H,21,23). The number of rotatable bonds is 9. The topological polar surface area (TPSA) is 93.7 Å². The van der Waals surface area contributed by atoms with E-state index < -0.39 is 15.4 Å². The van der Waals surface area contributed by atoms with E-state index in [1.54, 1.807) is 43.5 Å². The van der Waals surface area contributed by atoms with Crippen LogP contribution < -0.4 is 14.8 Å². The Balaban J connectivity index is 1.69. The minimum atomic E-state index is -3.70. The van der Waals surface area contributed by atoms with E-state index in [-0.39, 0.29) is 10.8 Å². The van der Waals surface area contributed by atoms with E-state index in [1.165, 1.54) is 19.2 Å². The zero-order valence-electron chi connectivity index (χ0n) is 15.9. The molecule has 1 aliphatic carbocycles. The van der Waals surface area contributed by atoms with E-state index in [4.69, 9.17) is 9.47 Å². The molecule has 0 bridgehead atoms. The van der Waals surface area contributed by atoms with Crippen LogP contribution in [0.15, 0.2) is 53.4 Å². The number of benzene rings is 2. The van der Waals surface area contributed by atoms with E-state index >= 15 is 0 Å². The minimum Gasteiger partial charge on any atom is -0.497 e. The molecule has 7 nitrogen and oxygen atoms in total. The van der Waals surface area contributed by atoms with Gasteiger partial charge in [-0.1, -0.05) is 12.1 Å². The third-order valence-corrected chi connectivity index (χ3v) is 6.23. The summed E-state index contributed by atoms with van der Waals surface area (Å²) in [5.41, 5.74) is 0.811. The summed E-state index contributed by atoms with van der Waals surface area (Å²) in [6.45, 7) is 0.935. The van der Waals surface area contributed by atoms with Crippen molar-refractivity contribution in [2.75, 3.05) is 32.1 Å². The van der Waals surface area contributed by atoms with E-state index in [2.05, 4.69) is 10.0 Å². The van der Waals surface area contributed by atoms with Gasteiger partial charge < -0.3 is 14.8 Å². The molecule has 2 aromatic carbocycles. The molecule has 28 heavy (non-hydrogen) atoms. The maximum absolute atomic E-state index is 12.5. The lowest BCUT2D eigenvalue weighted by Gasteiger charge is -2.16. The van der Waals surface area contributed by atoms with E-state index in [9.17, 15) is 13.2 Å². The summed E-state index contributed by atoms with van der Waals surface area (Å²) in [6, 6.07) is 13.1. The average molecular weight is 404 g/mol. The summed E-state index contributed by atoms with van der Waals surface area (Å²) < 4.78 is 37.6. The number of carbonyl (C=O) groups is 1. The first-order valence-electron chi connectivity index (χ1n) is 8.96. The Labute approximate surface area is 165 Å². The molecule has 0 aliphatic heterocycles. The zero-order valence-corrected chi connectivity index (χ0v) is 16.7. The van der Waals surface area contributed by atoms with Gasteiger partial charge in [0.1, 0.15) is 5.75 Å². The fourth-order valence-corrected chi connectivity index (χ4v) is 4.09. The van der Waals surface area contributed by atoms with Crippen molar-refractivity contribution >= 4 is 21.6 Å². The van der Waals surface area contributed by atoms with Gasteiger partial charge in [0.05, 0.1) is 24.0 Å². The fraction of sp³-hybridized carbons (Fsp3) is 0.350. The number of anilines is 1. The lowest BCUT2D eigenvalue weighted by atomic mass is 9.95. The Morgan fingerprint density at radius 2 is 1.68 bits per heavy atom. The largest absolute Gasteiger partial charge is 0.497 e. The van der Waals surface area contributed by atoms with Crippen LogP contribution in [0.5, 0.6) is 5.75 Å². The Bertz CT molecular complexity index is 920. The van der Waals surface area contributed by atoms with Crippen LogP contribution in [0.25, 0.3) is 0 Å². The highest BCUT2D eigenvalue weighted by molar-refractivity contribution is 7.92. The van der Waals surface area contributed by atoms with Crippen molar-refractivity contribution in [3.05, 3.63) is 54.1 Å². The van der Waals surface area contributed by atoms with Crippen LogP contribution in [0.1, 0.15) is 18.4 Å². The van der Waals surface area contributed by atoms with Crippen molar-refractivity contribution in [3.8, 4) is 5.75 Å².